The fourth-order valence-electron chi connectivity index (χ4n) is 3.21. The van der Waals surface area contributed by atoms with Crippen molar-refractivity contribution in [3.63, 3.8) is 0 Å². The number of ether oxygens (including phenoxy) is 1. The van der Waals surface area contributed by atoms with Crippen molar-refractivity contribution in [3.05, 3.63) is 0 Å². The summed E-state index contributed by atoms with van der Waals surface area (Å²) in [4.78, 5) is 0. The summed E-state index contributed by atoms with van der Waals surface area (Å²) in [6, 6.07) is 0.568. The van der Waals surface area contributed by atoms with Crippen LogP contribution < -0.4 is 5.32 Å². The molecule has 1 N–H and O–H groups in total. The fourth-order valence-corrected chi connectivity index (χ4v) is 3.21. The first kappa shape index (κ1) is 16.0. The van der Waals surface area contributed by atoms with E-state index in [1.165, 1.54) is 44.9 Å². The Morgan fingerprint density at radius 3 is 2.39 bits per heavy atom. The van der Waals surface area contributed by atoms with Crippen LogP contribution in [-0.4, -0.2) is 25.3 Å². The Labute approximate surface area is 114 Å². The summed E-state index contributed by atoms with van der Waals surface area (Å²) < 4.78 is 5.93. The van der Waals surface area contributed by atoms with E-state index in [-0.39, 0.29) is 0 Å². The fraction of sp³-hybridized carbons (Fsp3) is 1.00. The molecule has 108 valence electrons. The first-order valence-corrected chi connectivity index (χ1v) is 8.16. The van der Waals surface area contributed by atoms with Crippen LogP contribution in [0.1, 0.15) is 72.1 Å². The Morgan fingerprint density at radius 2 is 1.83 bits per heavy atom. The van der Waals surface area contributed by atoms with Crippen LogP contribution in [0.15, 0.2) is 0 Å². The molecule has 1 aliphatic carbocycles. The Hall–Kier alpha value is -0.0800. The zero-order valence-corrected chi connectivity index (χ0v) is 12.7. The third-order valence-corrected chi connectivity index (χ3v) is 4.20. The second-order valence-corrected chi connectivity index (χ2v) is 5.70. The maximum atomic E-state index is 5.93. The van der Waals surface area contributed by atoms with Crippen LogP contribution in [0.4, 0.5) is 0 Å². The van der Waals surface area contributed by atoms with Crippen molar-refractivity contribution in [1.29, 1.82) is 0 Å². The second kappa shape index (κ2) is 9.80. The van der Waals surface area contributed by atoms with Gasteiger partial charge in [0.25, 0.3) is 0 Å². The summed E-state index contributed by atoms with van der Waals surface area (Å²) in [7, 11) is 0. The largest absolute Gasteiger partial charge is 0.377 e. The summed E-state index contributed by atoms with van der Waals surface area (Å²) in [5.41, 5.74) is 0. The number of rotatable bonds is 9. The van der Waals surface area contributed by atoms with Crippen LogP contribution in [0.2, 0.25) is 0 Å². The highest BCUT2D eigenvalue weighted by Crippen LogP contribution is 2.28. The minimum Gasteiger partial charge on any atom is -0.377 e. The van der Waals surface area contributed by atoms with Crippen molar-refractivity contribution in [3.8, 4) is 0 Å². The molecule has 0 heterocycles. The van der Waals surface area contributed by atoms with Crippen LogP contribution in [0, 0.1) is 5.92 Å². The van der Waals surface area contributed by atoms with Gasteiger partial charge < -0.3 is 10.1 Å². The summed E-state index contributed by atoms with van der Waals surface area (Å²) in [5, 5.41) is 3.73. The molecule has 1 fully saturated rings. The number of nitrogens with one attached hydrogen (secondary N) is 1. The molecule has 2 heteroatoms. The third kappa shape index (κ3) is 5.71. The summed E-state index contributed by atoms with van der Waals surface area (Å²) >= 11 is 0. The van der Waals surface area contributed by atoms with Crippen LogP contribution in [-0.2, 0) is 4.74 Å². The van der Waals surface area contributed by atoms with Gasteiger partial charge in [-0.05, 0) is 38.6 Å². The molecule has 1 rings (SSSR count). The molecule has 0 saturated heterocycles. The molecule has 0 radical (unpaired) electrons. The Balaban J connectivity index is 2.46. The molecule has 1 aliphatic rings. The van der Waals surface area contributed by atoms with Crippen LogP contribution in [0.3, 0.4) is 0 Å². The molecule has 2 nitrogen and oxygen atoms in total. The predicted octanol–water partition coefficient (Wildman–Crippen LogP) is 4.14. The lowest BCUT2D eigenvalue weighted by molar-refractivity contribution is 0.0235. The van der Waals surface area contributed by atoms with E-state index in [4.69, 9.17) is 4.74 Å². The Kier molecular flexibility index (Phi) is 8.70. The van der Waals surface area contributed by atoms with Gasteiger partial charge in [0.05, 0.1) is 6.10 Å². The quantitative estimate of drug-likeness (QED) is 0.668. The first-order valence-electron chi connectivity index (χ1n) is 8.16. The Bertz CT molecular complexity index is 190. The van der Waals surface area contributed by atoms with Crippen molar-refractivity contribution in [2.24, 2.45) is 5.92 Å². The smallest absolute Gasteiger partial charge is 0.0725 e. The van der Waals surface area contributed by atoms with Crippen molar-refractivity contribution in [2.45, 2.75) is 84.3 Å². The van der Waals surface area contributed by atoms with E-state index in [1.54, 1.807) is 0 Å². The zero-order chi connectivity index (χ0) is 13.2. The van der Waals surface area contributed by atoms with E-state index in [0.29, 0.717) is 12.1 Å². The first-order chi connectivity index (χ1) is 8.81. The molecular weight excluding hydrogens is 222 g/mol. The van der Waals surface area contributed by atoms with Gasteiger partial charge in [-0.2, -0.15) is 0 Å². The van der Waals surface area contributed by atoms with Crippen LogP contribution >= 0.6 is 0 Å². The summed E-state index contributed by atoms with van der Waals surface area (Å²) in [6.45, 7) is 8.57. The van der Waals surface area contributed by atoms with Gasteiger partial charge in [0.1, 0.15) is 0 Å². The van der Waals surface area contributed by atoms with E-state index >= 15 is 0 Å². The van der Waals surface area contributed by atoms with Crippen LogP contribution in [0.25, 0.3) is 0 Å². The molecule has 0 aliphatic heterocycles. The molecule has 0 aromatic heterocycles. The molecule has 0 aromatic rings. The molecular formula is C16H33NO. The molecule has 0 aromatic carbocycles. The van der Waals surface area contributed by atoms with Crippen LogP contribution in [0.5, 0.6) is 0 Å². The molecule has 1 saturated carbocycles. The lowest BCUT2D eigenvalue weighted by Gasteiger charge is -2.32. The van der Waals surface area contributed by atoms with Crippen molar-refractivity contribution < 1.29 is 4.74 Å². The van der Waals surface area contributed by atoms with E-state index < -0.39 is 0 Å². The monoisotopic (exact) mass is 255 g/mol. The van der Waals surface area contributed by atoms with Gasteiger partial charge in [0, 0.05) is 12.6 Å². The SMILES string of the molecule is CCCNC(CC1CCCCC1)C(CC)OCC. The van der Waals surface area contributed by atoms with Gasteiger partial charge in [0.2, 0.25) is 0 Å². The number of hydrogen-bond acceptors (Lipinski definition) is 2. The van der Waals surface area contributed by atoms with Gasteiger partial charge >= 0.3 is 0 Å². The molecule has 0 spiro atoms. The highest BCUT2D eigenvalue weighted by Gasteiger charge is 2.24. The highest BCUT2D eigenvalue weighted by molar-refractivity contribution is 4.81. The lowest BCUT2D eigenvalue weighted by Crippen LogP contribution is -2.43. The van der Waals surface area contributed by atoms with Crippen molar-refractivity contribution in [2.75, 3.05) is 13.2 Å². The molecule has 0 bridgehead atoms. The molecule has 0 amide bonds. The minimum atomic E-state index is 0.406. The van der Waals surface area contributed by atoms with Gasteiger partial charge in [-0.15, -0.1) is 0 Å². The molecule has 18 heavy (non-hydrogen) atoms. The standard InChI is InChI=1S/C16H33NO/c1-4-12-17-15(16(5-2)18-6-3)13-14-10-8-7-9-11-14/h14-17H,4-13H2,1-3H3. The van der Waals surface area contributed by atoms with E-state index in [9.17, 15) is 0 Å². The van der Waals surface area contributed by atoms with E-state index in [1.807, 2.05) is 0 Å². The van der Waals surface area contributed by atoms with E-state index in [2.05, 4.69) is 26.1 Å². The van der Waals surface area contributed by atoms with E-state index in [0.717, 1.165) is 25.5 Å². The summed E-state index contributed by atoms with van der Waals surface area (Å²) in [6.07, 6.45) is 11.3. The van der Waals surface area contributed by atoms with Gasteiger partial charge in [-0.1, -0.05) is 46.0 Å². The topological polar surface area (TPSA) is 21.3 Å². The second-order valence-electron chi connectivity index (χ2n) is 5.70. The third-order valence-electron chi connectivity index (χ3n) is 4.20. The number of hydrogen-bond donors (Lipinski definition) is 1. The van der Waals surface area contributed by atoms with Crippen molar-refractivity contribution in [1.82, 2.24) is 5.32 Å². The average Bonchev–Trinajstić information content (AvgIpc) is 2.42. The predicted molar refractivity (Wildman–Crippen MR) is 79.0 cm³/mol. The van der Waals surface area contributed by atoms with Gasteiger partial charge in [0.15, 0.2) is 0 Å². The van der Waals surface area contributed by atoms with Crippen molar-refractivity contribution >= 4 is 0 Å². The normalized spacial score (nSPS) is 20.8. The maximum absolute atomic E-state index is 5.93. The van der Waals surface area contributed by atoms with Gasteiger partial charge in [-0.3, -0.25) is 0 Å². The zero-order valence-electron chi connectivity index (χ0n) is 12.7. The lowest BCUT2D eigenvalue weighted by atomic mass is 9.83. The molecule has 2 unspecified atom stereocenters. The Morgan fingerprint density at radius 1 is 1.11 bits per heavy atom. The average molecular weight is 255 g/mol. The molecule has 2 atom stereocenters. The van der Waals surface area contributed by atoms with Gasteiger partial charge in [-0.25, -0.2) is 0 Å². The summed E-state index contributed by atoms with van der Waals surface area (Å²) in [5.74, 6) is 0.933. The maximum Gasteiger partial charge on any atom is 0.0725 e. The minimum absolute atomic E-state index is 0.406. The highest BCUT2D eigenvalue weighted by atomic mass is 16.5.